The molecule has 134 valence electrons. The number of carbonyl (C=O) groups is 1. The molecule has 1 fully saturated rings. The Labute approximate surface area is 147 Å². The van der Waals surface area contributed by atoms with Crippen LogP contribution in [0.25, 0.3) is 0 Å². The highest BCUT2D eigenvalue weighted by Gasteiger charge is 2.31. The minimum absolute atomic E-state index is 0.151. The van der Waals surface area contributed by atoms with Gasteiger partial charge in [0, 0.05) is 12.0 Å². The molecular formula is C19H25N3O3. The molecule has 1 saturated carbocycles. The third kappa shape index (κ3) is 3.62. The van der Waals surface area contributed by atoms with Gasteiger partial charge < -0.3 is 15.6 Å². The van der Waals surface area contributed by atoms with E-state index in [-0.39, 0.29) is 11.5 Å². The molecule has 2 atom stereocenters. The summed E-state index contributed by atoms with van der Waals surface area (Å²) >= 11 is 0. The van der Waals surface area contributed by atoms with Gasteiger partial charge in [0.2, 0.25) is 0 Å². The van der Waals surface area contributed by atoms with Crippen LogP contribution < -0.4 is 10.5 Å². The van der Waals surface area contributed by atoms with E-state index in [4.69, 9.17) is 20.7 Å². The lowest BCUT2D eigenvalue weighted by Gasteiger charge is -2.20. The standard InChI is InChI=1S/C19H25N3O3/c1-19(2,3)22-17(20)11-15(21-22)13-9-8-12(10-13)14-6-4-5-7-16(14)25-18(23)24/h4-7,11-13H,8-10,20H2,1-3H3,(H,23,24)/t12-,13+/m1/s1. The predicted molar refractivity (Wildman–Crippen MR) is 96.1 cm³/mol. The lowest BCUT2D eigenvalue weighted by Crippen LogP contribution is -2.24. The zero-order chi connectivity index (χ0) is 18.2. The van der Waals surface area contributed by atoms with Gasteiger partial charge in [-0.25, -0.2) is 9.48 Å². The molecule has 0 spiro atoms. The Morgan fingerprint density at radius 3 is 2.60 bits per heavy atom. The van der Waals surface area contributed by atoms with E-state index in [1.807, 2.05) is 22.9 Å². The third-order valence-electron chi connectivity index (χ3n) is 4.80. The highest BCUT2D eigenvalue weighted by molar-refractivity contribution is 5.62. The maximum absolute atomic E-state index is 10.9. The summed E-state index contributed by atoms with van der Waals surface area (Å²) in [4.78, 5) is 10.9. The number of nitrogens with zero attached hydrogens (tertiary/aromatic N) is 2. The van der Waals surface area contributed by atoms with Crippen LogP contribution in [0.1, 0.15) is 63.1 Å². The van der Waals surface area contributed by atoms with Crippen LogP contribution in [0.2, 0.25) is 0 Å². The number of rotatable bonds is 3. The van der Waals surface area contributed by atoms with Crippen molar-refractivity contribution in [3.8, 4) is 5.75 Å². The first-order chi connectivity index (χ1) is 11.8. The molecule has 1 aromatic heterocycles. The third-order valence-corrected chi connectivity index (χ3v) is 4.80. The first kappa shape index (κ1) is 17.3. The molecule has 1 aliphatic rings. The average Bonchev–Trinajstić information content (AvgIpc) is 3.13. The minimum atomic E-state index is -1.28. The van der Waals surface area contributed by atoms with E-state index in [1.165, 1.54) is 0 Å². The molecule has 0 radical (unpaired) electrons. The number of carboxylic acid groups (broad SMARTS) is 1. The zero-order valence-corrected chi connectivity index (χ0v) is 14.9. The molecule has 3 rings (SSSR count). The molecule has 1 aromatic carbocycles. The summed E-state index contributed by atoms with van der Waals surface area (Å²) in [5.41, 5.74) is 7.96. The van der Waals surface area contributed by atoms with Crippen molar-refractivity contribution < 1.29 is 14.6 Å². The molecule has 25 heavy (non-hydrogen) atoms. The quantitative estimate of drug-likeness (QED) is 0.639. The molecule has 0 saturated heterocycles. The summed E-state index contributed by atoms with van der Waals surface area (Å²) in [7, 11) is 0. The van der Waals surface area contributed by atoms with Crippen molar-refractivity contribution in [1.29, 1.82) is 0 Å². The number of hydrogen-bond donors (Lipinski definition) is 2. The highest BCUT2D eigenvalue weighted by Crippen LogP contribution is 2.46. The largest absolute Gasteiger partial charge is 0.511 e. The van der Waals surface area contributed by atoms with Crippen LogP contribution in [0, 0.1) is 0 Å². The fraction of sp³-hybridized carbons (Fsp3) is 0.474. The molecule has 0 bridgehead atoms. The van der Waals surface area contributed by atoms with Crippen molar-refractivity contribution >= 4 is 12.0 Å². The number of para-hydroxylation sites is 1. The van der Waals surface area contributed by atoms with Gasteiger partial charge in [-0.1, -0.05) is 18.2 Å². The van der Waals surface area contributed by atoms with E-state index < -0.39 is 6.16 Å². The zero-order valence-electron chi connectivity index (χ0n) is 14.9. The maximum atomic E-state index is 10.9. The second-order valence-corrected chi connectivity index (χ2v) is 7.69. The van der Waals surface area contributed by atoms with Gasteiger partial charge in [-0.15, -0.1) is 0 Å². The van der Waals surface area contributed by atoms with Gasteiger partial charge in [-0.05, 0) is 57.6 Å². The first-order valence-corrected chi connectivity index (χ1v) is 8.61. The average molecular weight is 343 g/mol. The Hall–Kier alpha value is -2.50. The van der Waals surface area contributed by atoms with E-state index in [2.05, 4.69) is 20.8 Å². The van der Waals surface area contributed by atoms with Crippen molar-refractivity contribution in [3.05, 3.63) is 41.6 Å². The van der Waals surface area contributed by atoms with Crippen LogP contribution in [0.5, 0.6) is 5.75 Å². The van der Waals surface area contributed by atoms with Crippen molar-refractivity contribution in [2.24, 2.45) is 0 Å². The van der Waals surface area contributed by atoms with Crippen molar-refractivity contribution in [2.45, 2.75) is 57.4 Å². The number of ether oxygens (including phenoxy) is 1. The van der Waals surface area contributed by atoms with E-state index in [1.54, 1.807) is 12.1 Å². The number of anilines is 1. The summed E-state index contributed by atoms with van der Waals surface area (Å²) < 4.78 is 6.82. The number of benzene rings is 1. The lowest BCUT2D eigenvalue weighted by molar-refractivity contribution is 0.144. The SMILES string of the molecule is CC(C)(C)n1nc([C@H]2CC[C@@H](c3ccccc3OC(=O)O)C2)cc1N. The Balaban J connectivity index is 1.80. The number of aromatic nitrogens is 2. The molecule has 3 N–H and O–H groups in total. The smallest absolute Gasteiger partial charge is 0.449 e. The minimum Gasteiger partial charge on any atom is -0.449 e. The van der Waals surface area contributed by atoms with Gasteiger partial charge in [0.1, 0.15) is 11.6 Å². The molecule has 6 nitrogen and oxygen atoms in total. The number of nitrogens with two attached hydrogens (primary N) is 1. The van der Waals surface area contributed by atoms with Crippen LogP contribution in [0.3, 0.4) is 0 Å². The van der Waals surface area contributed by atoms with Crippen molar-refractivity contribution in [3.63, 3.8) is 0 Å². The molecular weight excluding hydrogens is 318 g/mol. The Morgan fingerprint density at radius 2 is 1.96 bits per heavy atom. The van der Waals surface area contributed by atoms with Crippen LogP contribution in [-0.2, 0) is 5.54 Å². The fourth-order valence-corrected chi connectivity index (χ4v) is 3.69. The van der Waals surface area contributed by atoms with Crippen LogP contribution in [-0.4, -0.2) is 21.0 Å². The topological polar surface area (TPSA) is 90.4 Å². The summed E-state index contributed by atoms with van der Waals surface area (Å²) in [5.74, 6) is 1.70. The number of hydrogen-bond acceptors (Lipinski definition) is 4. The second-order valence-electron chi connectivity index (χ2n) is 7.69. The molecule has 0 unspecified atom stereocenters. The van der Waals surface area contributed by atoms with Crippen LogP contribution >= 0.6 is 0 Å². The molecule has 0 amide bonds. The normalized spacial score (nSPS) is 20.6. The van der Waals surface area contributed by atoms with Gasteiger partial charge in [-0.2, -0.15) is 5.10 Å². The van der Waals surface area contributed by atoms with Gasteiger partial charge in [0.25, 0.3) is 0 Å². The van der Waals surface area contributed by atoms with Crippen LogP contribution in [0.4, 0.5) is 10.6 Å². The Morgan fingerprint density at radius 1 is 1.28 bits per heavy atom. The lowest BCUT2D eigenvalue weighted by atomic mass is 9.94. The summed E-state index contributed by atoms with van der Waals surface area (Å²) in [6, 6.07) is 9.35. The summed E-state index contributed by atoms with van der Waals surface area (Å²) in [5, 5.41) is 13.7. The fourth-order valence-electron chi connectivity index (χ4n) is 3.69. The molecule has 2 aromatic rings. The summed E-state index contributed by atoms with van der Waals surface area (Å²) in [6.45, 7) is 6.24. The second kappa shape index (κ2) is 6.43. The molecule has 6 heteroatoms. The highest BCUT2D eigenvalue weighted by atomic mass is 16.7. The van der Waals surface area contributed by atoms with Crippen LogP contribution in [0.15, 0.2) is 30.3 Å². The van der Waals surface area contributed by atoms with Gasteiger partial charge in [0.15, 0.2) is 0 Å². The number of nitrogen functional groups attached to an aromatic ring is 1. The summed E-state index contributed by atoms with van der Waals surface area (Å²) in [6.07, 6.45) is 1.62. The maximum Gasteiger partial charge on any atom is 0.511 e. The molecule has 0 aliphatic heterocycles. The van der Waals surface area contributed by atoms with E-state index >= 15 is 0 Å². The monoisotopic (exact) mass is 343 g/mol. The Kier molecular flexibility index (Phi) is 4.45. The molecule has 1 aliphatic carbocycles. The van der Waals surface area contributed by atoms with Gasteiger partial charge in [0.05, 0.1) is 11.2 Å². The predicted octanol–water partition coefficient (Wildman–Crippen LogP) is 4.33. The van der Waals surface area contributed by atoms with Crippen molar-refractivity contribution in [2.75, 3.05) is 5.73 Å². The van der Waals surface area contributed by atoms with Gasteiger partial charge >= 0.3 is 6.16 Å². The van der Waals surface area contributed by atoms with E-state index in [0.29, 0.717) is 17.5 Å². The van der Waals surface area contributed by atoms with E-state index in [9.17, 15) is 4.79 Å². The molecule has 1 heterocycles. The van der Waals surface area contributed by atoms with Crippen molar-refractivity contribution in [1.82, 2.24) is 9.78 Å². The Bertz CT molecular complexity index is 776. The van der Waals surface area contributed by atoms with E-state index in [0.717, 1.165) is 30.5 Å². The first-order valence-electron chi connectivity index (χ1n) is 8.61. The van der Waals surface area contributed by atoms with Gasteiger partial charge in [-0.3, -0.25) is 0 Å².